The van der Waals surface area contributed by atoms with Crippen LogP contribution in [0.4, 0.5) is 5.82 Å². The van der Waals surface area contributed by atoms with Crippen LogP contribution in [0.2, 0.25) is 5.15 Å². The lowest BCUT2D eigenvalue weighted by molar-refractivity contribution is 0.128. The van der Waals surface area contributed by atoms with Crippen molar-refractivity contribution in [2.24, 2.45) is 5.92 Å². The van der Waals surface area contributed by atoms with E-state index < -0.39 is 0 Å². The molecule has 106 valence electrons. The molecule has 1 aromatic heterocycles. The smallest absolute Gasteiger partial charge is 0.158 e. The fraction of sp³-hybridized carbons (Fsp3) is 0.692. The molecule has 19 heavy (non-hydrogen) atoms. The van der Waals surface area contributed by atoms with Gasteiger partial charge in [0.25, 0.3) is 0 Å². The maximum atomic E-state index is 9.15. The molecule has 0 aliphatic carbocycles. The van der Waals surface area contributed by atoms with Crippen molar-refractivity contribution >= 4 is 17.4 Å². The molecule has 1 saturated heterocycles. The quantitative estimate of drug-likeness (QED) is 0.837. The first-order valence-corrected chi connectivity index (χ1v) is 7.07. The van der Waals surface area contributed by atoms with E-state index in [1.165, 1.54) is 0 Å². The summed E-state index contributed by atoms with van der Waals surface area (Å²) < 4.78 is 5.32. The van der Waals surface area contributed by atoms with Crippen LogP contribution in [-0.4, -0.2) is 41.4 Å². The van der Waals surface area contributed by atoms with E-state index in [1.54, 1.807) is 6.07 Å². The van der Waals surface area contributed by atoms with Crippen molar-refractivity contribution in [1.29, 1.82) is 0 Å². The summed E-state index contributed by atoms with van der Waals surface area (Å²) in [5.41, 5.74) is 0. The van der Waals surface area contributed by atoms with E-state index in [-0.39, 0.29) is 6.61 Å². The molecule has 1 N–H and O–H groups in total. The number of rotatable bonds is 5. The maximum absolute atomic E-state index is 9.15. The first-order chi connectivity index (χ1) is 9.22. The number of aliphatic hydroxyl groups is 1. The number of aromatic nitrogens is 2. The third-order valence-corrected chi connectivity index (χ3v) is 3.55. The molecule has 0 radical (unpaired) electrons. The highest BCUT2D eigenvalue weighted by Crippen LogP contribution is 2.23. The number of hydrogen-bond donors (Lipinski definition) is 1. The Labute approximate surface area is 118 Å². The van der Waals surface area contributed by atoms with Gasteiger partial charge in [-0.2, -0.15) is 0 Å². The van der Waals surface area contributed by atoms with E-state index in [9.17, 15) is 0 Å². The highest BCUT2D eigenvalue weighted by Gasteiger charge is 2.20. The summed E-state index contributed by atoms with van der Waals surface area (Å²) in [4.78, 5) is 10.8. The van der Waals surface area contributed by atoms with Crippen LogP contribution in [0.15, 0.2) is 6.07 Å². The third kappa shape index (κ3) is 4.03. The minimum atomic E-state index is 0.272. The molecule has 0 spiro atoms. The number of nitrogens with zero attached hydrogens (tertiary/aromatic N) is 3. The first-order valence-electron chi connectivity index (χ1n) is 6.70. The van der Waals surface area contributed by atoms with E-state index in [4.69, 9.17) is 21.4 Å². The van der Waals surface area contributed by atoms with Gasteiger partial charge in [0.15, 0.2) is 5.82 Å². The molecule has 2 rings (SSSR count). The standard InChI is InChI=1S/C13H20ClN3O2/c1-2-19-9-12-15-11(14)7-13(16-12)17-5-3-10(8-18)4-6-17/h7,10,18H,2-6,8-9H2,1H3. The average molecular weight is 286 g/mol. The molecule has 1 aliphatic rings. The number of ether oxygens (including phenoxy) is 1. The zero-order valence-electron chi connectivity index (χ0n) is 11.2. The number of anilines is 1. The SMILES string of the molecule is CCOCc1nc(Cl)cc(N2CCC(CO)CC2)n1. The number of aliphatic hydroxyl groups excluding tert-OH is 1. The van der Waals surface area contributed by atoms with Gasteiger partial charge in [-0.1, -0.05) is 11.6 Å². The molecule has 0 atom stereocenters. The Morgan fingerprint density at radius 1 is 1.42 bits per heavy atom. The van der Waals surface area contributed by atoms with Gasteiger partial charge in [-0.3, -0.25) is 0 Å². The Morgan fingerprint density at radius 3 is 2.79 bits per heavy atom. The summed E-state index contributed by atoms with van der Waals surface area (Å²) >= 11 is 6.03. The van der Waals surface area contributed by atoms with Gasteiger partial charge in [0.1, 0.15) is 17.6 Å². The molecule has 1 aromatic rings. The fourth-order valence-corrected chi connectivity index (χ4v) is 2.41. The van der Waals surface area contributed by atoms with Gasteiger partial charge in [0.2, 0.25) is 0 Å². The molecule has 0 saturated carbocycles. The summed E-state index contributed by atoms with van der Waals surface area (Å²) in [6.07, 6.45) is 1.97. The zero-order valence-corrected chi connectivity index (χ0v) is 11.9. The second-order valence-electron chi connectivity index (χ2n) is 4.72. The highest BCUT2D eigenvalue weighted by molar-refractivity contribution is 6.29. The molecule has 1 aliphatic heterocycles. The predicted octanol–water partition coefficient (Wildman–Crippen LogP) is 1.88. The number of hydrogen-bond acceptors (Lipinski definition) is 5. The van der Waals surface area contributed by atoms with Crippen molar-refractivity contribution in [3.05, 3.63) is 17.0 Å². The minimum Gasteiger partial charge on any atom is -0.396 e. The van der Waals surface area contributed by atoms with Gasteiger partial charge in [-0.15, -0.1) is 0 Å². The lowest BCUT2D eigenvalue weighted by Gasteiger charge is -2.32. The van der Waals surface area contributed by atoms with Crippen molar-refractivity contribution in [1.82, 2.24) is 9.97 Å². The summed E-state index contributed by atoms with van der Waals surface area (Å²) in [6.45, 7) is 5.02. The molecule has 0 amide bonds. The maximum Gasteiger partial charge on any atom is 0.158 e. The fourth-order valence-electron chi connectivity index (χ4n) is 2.22. The van der Waals surface area contributed by atoms with Crippen molar-refractivity contribution in [2.45, 2.75) is 26.4 Å². The van der Waals surface area contributed by atoms with Crippen LogP contribution in [0.5, 0.6) is 0 Å². The van der Waals surface area contributed by atoms with Crippen LogP contribution >= 0.6 is 11.6 Å². The largest absolute Gasteiger partial charge is 0.396 e. The van der Waals surface area contributed by atoms with Gasteiger partial charge >= 0.3 is 0 Å². The summed E-state index contributed by atoms with van der Waals surface area (Å²) in [6, 6.07) is 1.79. The molecule has 6 heteroatoms. The van der Waals surface area contributed by atoms with E-state index in [0.717, 1.165) is 31.7 Å². The van der Waals surface area contributed by atoms with Crippen LogP contribution in [0.1, 0.15) is 25.6 Å². The second-order valence-corrected chi connectivity index (χ2v) is 5.10. The van der Waals surface area contributed by atoms with E-state index >= 15 is 0 Å². The van der Waals surface area contributed by atoms with E-state index in [1.807, 2.05) is 6.92 Å². The van der Waals surface area contributed by atoms with Crippen molar-refractivity contribution < 1.29 is 9.84 Å². The summed E-state index contributed by atoms with van der Waals surface area (Å²) in [5.74, 6) is 1.89. The third-order valence-electron chi connectivity index (χ3n) is 3.36. The van der Waals surface area contributed by atoms with Gasteiger partial charge < -0.3 is 14.7 Å². The average Bonchev–Trinajstić information content (AvgIpc) is 2.44. The topological polar surface area (TPSA) is 58.5 Å². The Hall–Kier alpha value is -0.910. The van der Waals surface area contributed by atoms with Crippen LogP contribution in [0.25, 0.3) is 0 Å². The Morgan fingerprint density at radius 2 is 2.16 bits per heavy atom. The number of halogens is 1. The minimum absolute atomic E-state index is 0.272. The van der Waals surface area contributed by atoms with Crippen molar-refractivity contribution in [2.75, 3.05) is 31.2 Å². The molecular formula is C13H20ClN3O2. The van der Waals surface area contributed by atoms with Crippen LogP contribution in [0, 0.1) is 5.92 Å². The lowest BCUT2D eigenvalue weighted by atomic mass is 9.98. The molecule has 1 fully saturated rings. The van der Waals surface area contributed by atoms with Crippen molar-refractivity contribution in [3.63, 3.8) is 0 Å². The van der Waals surface area contributed by atoms with E-state index in [0.29, 0.717) is 30.1 Å². The van der Waals surface area contributed by atoms with Crippen molar-refractivity contribution in [3.8, 4) is 0 Å². The molecule has 0 bridgehead atoms. The van der Waals surface area contributed by atoms with Gasteiger partial charge in [0, 0.05) is 32.4 Å². The summed E-state index contributed by atoms with van der Waals surface area (Å²) in [7, 11) is 0. The molecule has 0 aromatic carbocycles. The first kappa shape index (κ1) is 14.5. The number of piperidine rings is 1. The zero-order chi connectivity index (χ0) is 13.7. The Bertz CT molecular complexity index is 409. The van der Waals surface area contributed by atoms with Crippen LogP contribution < -0.4 is 4.90 Å². The van der Waals surface area contributed by atoms with E-state index in [2.05, 4.69) is 14.9 Å². The summed E-state index contributed by atoms with van der Waals surface area (Å²) in [5, 5.41) is 9.60. The van der Waals surface area contributed by atoms with Gasteiger partial charge in [-0.05, 0) is 25.7 Å². The van der Waals surface area contributed by atoms with Crippen LogP contribution in [-0.2, 0) is 11.3 Å². The monoisotopic (exact) mass is 285 g/mol. The molecule has 5 nitrogen and oxygen atoms in total. The van der Waals surface area contributed by atoms with Gasteiger partial charge in [-0.25, -0.2) is 9.97 Å². The van der Waals surface area contributed by atoms with Crippen LogP contribution in [0.3, 0.4) is 0 Å². The second kappa shape index (κ2) is 7.03. The molecule has 2 heterocycles. The highest BCUT2D eigenvalue weighted by atomic mass is 35.5. The van der Waals surface area contributed by atoms with Gasteiger partial charge in [0.05, 0.1) is 0 Å². The normalized spacial score (nSPS) is 16.9. The Kier molecular flexibility index (Phi) is 5.36. The lowest BCUT2D eigenvalue weighted by Crippen LogP contribution is -2.35. The molecule has 0 unspecified atom stereocenters. The predicted molar refractivity (Wildman–Crippen MR) is 74.4 cm³/mol. The molecular weight excluding hydrogens is 266 g/mol. The Balaban J connectivity index is 2.05.